The largest absolute Gasteiger partial charge is 0.394 e. The van der Waals surface area contributed by atoms with E-state index in [1.54, 1.807) is 0 Å². The lowest BCUT2D eigenvalue weighted by molar-refractivity contribution is -0.0502. The van der Waals surface area contributed by atoms with Crippen molar-refractivity contribution in [1.29, 1.82) is 0 Å². The monoisotopic (exact) mass is 324 g/mol. The third kappa shape index (κ3) is 2.28. The van der Waals surface area contributed by atoms with Crippen LogP contribution in [0.2, 0.25) is 0 Å². The van der Waals surface area contributed by atoms with Gasteiger partial charge in [-0.15, -0.1) is 0 Å². The molecule has 1 aliphatic heterocycles. The van der Waals surface area contributed by atoms with Gasteiger partial charge in [0.15, 0.2) is 17.4 Å². The average Bonchev–Trinajstić information content (AvgIpc) is 2.99. The number of hydrogen-bond donors (Lipinski definition) is 5. The Morgan fingerprint density at radius 1 is 1.43 bits per heavy atom. The van der Waals surface area contributed by atoms with Crippen molar-refractivity contribution < 1.29 is 20.1 Å². The molecular formula is C10H12N8O5. The van der Waals surface area contributed by atoms with Gasteiger partial charge in [0.25, 0.3) is 5.56 Å². The van der Waals surface area contributed by atoms with E-state index in [2.05, 4.69) is 25.0 Å². The van der Waals surface area contributed by atoms with Crippen molar-refractivity contribution in [2.24, 2.45) is 5.11 Å². The molecule has 4 atom stereocenters. The Kier molecular flexibility index (Phi) is 3.63. The van der Waals surface area contributed by atoms with E-state index in [0.29, 0.717) is 0 Å². The van der Waals surface area contributed by atoms with E-state index in [0.717, 1.165) is 4.57 Å². The summed E-state index contributed by atoms with van der Waals surface area (Å²) in [7, 11) is 0. The number of ether oxygens (including phenoxy) is 1. The summed E-state index contributed by atoms with van der Waals surface area (Å²) < 4.78 is 6.40. The van der Waals surface area contributed by atoms with Gasteiger partial charge in [-0.3, -0.25) is 14.3 Å². The van der Waals surface area contributed by atoms with Crippen molar-refractivity contribution in [2.45, 2.75) is 24.5 Å². The lowest BCUT2D eigenvalue weighted by atomic mass is 10.1. The Labute approximate surface area is 126 Å². The maximum absolute atomic E-state index is 11.9. The topological polar surface area (TPSA) is 208 Å². The van der Waals surface area contributed by atoms with Gasteiger partial charge < -0.3 is 25.8 Å². The van der Waals surface area contributed by atoms with Crippen molar-refractivity contribution in [3.63, 3.8) is 0 Å². The van der Waals surface area contributed by atoms with E-state index in [4.69, 9.17) is 21.1 Å². The minimum absolute atomic E-state index is 0.0940. The van der Waals surface area contributed by atoms with Gasteiger partial charge in [0.2, 0.25) is 11.9 Å². The highest BCUT2D eigenvalue weighted by Gasteiger charge is 2.44. The standard InChI is InChI=1S/C10H12N8O5/c11-9-14-6-3(7(22)15-9)13-10(16-17-12)18(6)8-5(21)4(20)2(1-19)23-8/h2,4-5,8,19-21H,1H2,(H3,11,14,15,22)/t2-,4?,5+,8-/m1/s1. The number of fused-ring (bicyclic) bond motifs is 1. The molecule has 23 heavy (non-hydrogen) atoms. The summed E-state index contributed by atoms with van der Waals surface area (Å²) in [5, 5.41) is 32.4. The molecule has 0 amide bonds. The molecule has 1 fully saturated rings. The zero-order valence-electron chi connectivity index (χ0n) is 11.4. The summed E-state index contributed by atoms with van der Waals surface area (Å²) in [6.45, 7) is -0.547. The second-order valence-corrected chi connectivity index (χ2v) is 4.82. The summed E-state index contributed by atoms with van der Waals surface area (Å²) in [5.74, 6) is -0.524. The lowest BCUT2D eigenvalue weighted by Crippen LogP contribution is -2.33. The first kappa shape index (κ1) is 15.2. The molecule has 2 aromatic heterocycles. The average molecular weight is 324 g/mol. The van der Waals surface area contributed by atoms with Crippen LogP contribution in [0.5, 0.6) is 0 Å². The smallest absolute Gasteiger partial charge is 0.280 e. The summed E-state index contributed by atoms with van der Waals surface area (Å²) >= 11 is 0. The molecule has 13 nitrogen and oxygen atoms in total. The number of hydrogen-bond acceptors (Lipinski definition) is 9. The number of nitrogens with two attached hydrogens (primary N) is 1. The number of aromatic nitrogens is 4. The number of imidazole rings is 1. The van der Waals surface area contributed by atoms with Crippen LogP contribution in [0, 0.1) is 0 Å². The van der Waals surface area contributed by atoms with E-state index < -0.39 is 36.7 Å². The third-order valence-corrected chi connectivity index (χ3v) is 3.46. The number of nitrogen functional groups attached to an aromatic ring is 1. The normalized spacial score (nSPS) is 27.3. The molecule has 0 aliphatic carbocycles. The van der Waals surface area contributed by atoms with Crippen LogP contribution in [0.3, 0.4) is 0 Å². The zero-order valence-corrected chi connectivity index (χ0v) is 11.4. The number of nitrogens with one attached hydrogen (secondary N) is 1. The van der Waals surface area contributed by atoms with Gasteiger partial charge >= 0.3 is 0 Å². The van der Waals surface area contributed by atoms with Crippen molar-refractivity contribution in [3.05, 3.63) is 20.8 Å². The van der Waals surface area contributed by atoms with Gasteiger partial charge in [0.05, 0.1) is 6.61 Å². The molecule has 0 aromatic carbocycles. The highest BCUT2D eigenvalue weighted by atomic mass is 16.6. The Morgan fingerprint density at radius 2 is 2.17 bits per heavy atom. The molecule has 13 heteroatoms. The SMILES string of the molecule is [N-]=[N+]=Nc1nc2c(=O)[nH]c(N)nc2n1[C@@H]1O[C@H](CO)C(O)[C@@H]1O. The first-order chi connectivity index (χ1) is 11.0. The zero-order chi connectivity index (χ0) is 16.7. The lowest BCUT2D eigenvalue weighted by Gasteiger charge is -2.17. The van der Waals surface area contributed by atoms with Crippen LogP contribution in [0.25, 0.3) is 21.6 Å². The fourth-order valence-electron chi connectivity index (χ4n) is 2.43. The van der Waals surface area contributed by atoms with Crippen molar-refractivity contribution in [3.8, 4) is 0 Å². The van der Waals surface area contributed by atoms with Crippen LogP contribution in [0.4, 0.5) is 11.9 Å². The molecule has 122 valence electrons. The second kappa shape index (κ2) is 5.49. The van der Waals surface area contributed by atoms with Gasteiger partial charge in [0, 0.05) is 4.91 Å². The molecule has 0 bridgehead atoms. The summed E-state index contributed by atoms with van der Waals surface area (Å²) in [5.41, 5.74) is 13.2. The predicted molar refractivity (Wildman–Crippen MR) is 74.4 cm³/mol. The van der Waals surface area contributed by atoms with Gasteiger partial charge in [-0.25, -0.2) is 4.98 Å². The second-order valence-electron chi connectivity index (χ2n) is 4.82. The molecule has 2 aromatic rings. The first-order valence-electron chi connectivity index (χ1n) is 6.43. The van der Waals surface area contributed by atoms with E-state index >= 15 is 0 Å². The molecule has 1 unspecified atom stereocenters. The summed E-state index contributed by atoms with van der Waals surface area (Å²) in [6, 6.07) is 0. The quantitative estimate of drug-likeness (QED) is 0.248. The minimum Gasteiger partial charge on any atom is -0.394 e. The van der Waals surface area contributed by atoms with Gasteiger partial charge in [-0.05, 0) is 10.6 Å². The number of aliphatic hydroxyl groups excluding tert-OH is 3. The summed E-state index contributed by atoms with van der Waals surface area (Å²) in [4.78, 5) is 24.4. The van der Waals surface area contributed by atoms with E-state index in [1.807, 2.05) is 0 Å². The first-order valence-corrected chi connectivity index (χ1v) is 6.43. The molecular weight excluding hydrogens is 312 g/mol. The number of aromatic amines is 1. The highest BCUT2D eigenvalue weighted by Crippen LogP contribution is 2.34. The number of nitrogens with zero attached hydrogens (tertiary/aromatic N) is 6. The molecule has 1 aliphatic rings. The maximum Gasteiger partial charge on any atom is 0.280 e. The Bertz CT molecular complexity index is 855. The molecule has 0 radical (unpaired) electrons. The molecule has 0 spiro atoms. The number of aliphatic hydroxyl groups is 3. The van der Waals surface area contributed by atoms with Gasteiger partial charge in [-0.2, -0.15) is 4.98 Å². The fourth-order valence-corrected chi connectivity index (χ4v) is 2.43. The van der Waals surface area contributed by atoms with Crippen LogP contribution in [-0.2, 0) is 4.74 Å². The van der Waals surface area contributed by atoms with Gasteiger partial charge in [0.1, 0.15) is 18.3 Å². The third-order valence-electron chi connectivity index (χ3n) is 3.46. The highest BCUT2D eigenvalue weighted by molar-refractivity contribution is 5.74. The van der Waals surface area contributed by atoms with Gasteiger partial charge in [-0.1, -0.05) is 0 Å². The maximum atomic E-state index is 11.9. The Hall–Kier alpha value is -2.70. The van der Waals surface area contributed by atoms with Crippen molar-refractivity contribution >= 4 is 23.1 Å². The summed E-state index contributed by atoms with van der Waals surface area (Å²) in [6.07, 6.45) is -5.20. The number of rotatable bonds is 3. The molecule has 6 N–H and O–H groups in total. The Morgan fingerprint density at radius 3 is 2.78 bits per heavy atom. The van der Waals surface area contributed by atoms with E-state index in [9.17, 15) is 15.0 Å². The number of azide groups is 1. The minimum atomic E-state index is -1.47. The van der Waals surface area contributed by atoms with Crippen LogP contribution >= 0.6 is 0 Å². The Balaban J connectivity index is 2.25. The van der Waals surface area contributed by atoms with Crippen LogP contribution < -0.4 is 11.3 Å². The van der Waals surface area contributed by atoms with Crippen molar-refractivity contribution in [2.75, 3.05) is 12.3 Å². The number of anilines is 1. The molecule has 3 heterocycles. The van der Waals surface area contributed by atoms with Crippen molar-refractivity contribution in [1.82, 2.24) is 19.5 Å². The van der Waals surface area contributed by atoms with E-state index in [1.165, 1.54) is 0 Å². The molecule has 0 saturated carbocycles. The number of H-pyrrole nitrogens is 1. The molecule has 3 rings (SSSR count). The van der Waals surface area contributed by atoms with Crippen LogP contribution in [-0.4, -0.2) is 59.8 Å². The van der Waals surface area contributed by atoms with Crippen LogP contribution in [0.15, 0.2) is 9.91 Å². The van der Waals surface area contributed by atoms with E-state index in [-0.39, 0.29) is 23.1 Å². The molecule has 1 saturated heterocycles. The fraction of sp³-hybridized carbons (Fsp3) is 0.500. The predicted octanol–water partition coefficient (Wildman–Crippen LogP) is -1.74. The van der Waals surface area contributed by atoms with Crippen LogP contribution in [0.1, 0.15) is 6.23 Å².